The van der Waals surface area contributed by atoms with Gasteiger partial charge in [0.25, 0.3) is 11.5 Å². The average molecular weight is 409 g/mol. The van der Waals surface area contributed by atoms with Gasteiger partial charge in [0.05, 0.1) is 23.3 Å². The van der Waals surface area contributed by atoms with Crippen molar-refractivity contribution in [2.24, 2.45) is 0 Å². The number of amides is 1. The van der Waals surface area contributed by atoms with E-state index in [2.05, 4.69) is 15.2 Å². The largest absolute Gasteiger partial charge is 0.468 e. The monoisotopic (exact) mass is 408 g/mol. The Morgan fingerprint density at radius 3 is 2.73 bits per heavy atom. The van der Waals surface area contributed by atoms with Crippen molar-refractivity contribution in [1.29, 1.82) is 0 Å². The minimum Gasteiger partial charge on any atom is -0.468 e. The van der Waals surface area contributed by atoms with Crippen LogP contribution in [0.5, 0.6) is 0 Å². The van der Waals surface area contributed by atoms with Gasteiger partial charge in [-0.1, -0.05) is 6.42 Å². The molecule has 4 rings (SSSR count). The summed E-state index contributed by atoms with van der Waals surface area (Å²) in [4.78, 5) is 32.0. The number of benzene rings is 1. The summed E-state index contributed by atoms with van der Waals surface area (Å²) in [6.07, 6.45) is 5.26. The number of carbonyl (C=O) groups is 1. The van der Waals surface area contributed by atoms with Crippen LogP contribution in [0.1, 0.15) is 54.0 Å². The lowest BCUT2D eigenvalue weighted by atomic mass is 10.1. The number of fused-ring (bicyclic) bond motifs is 1. The highest BCUT2D eigenvalue weighted by molar-refractivity contribution is 5.97. The van der Waals surface area contributed by atoms with Gasteiger partial charge in [0.15, 0.2) is 0 Å². The lowest BCUT2D eigenvalue weighted by molar-refractivity contribution is 0.0914. The molecule has 158 valence electrons. The Hall–Kier alpha value is -2.93. The summed E-state index contributed by atoms with van der Waals surface area (Å²) < 4.78 is 7.34. The Morgan fingerprint density at radius 1 is 1.23 bits per heavy atom. The molecule has 0 aliphatic carbocycles. The fourth-order valence-electron chi connectivity index (χ4n) is 4.24. The first kappa shape index (κ1) is 20.3. The second-order valence-electron chi connectivity index (χ2n) is 7.79. The number of piperidine rings is 1. The zero-order valence-electron chi connectivity index (χ0n) is 17.6. The number of carbonyl (C=O) groups excluding carboxylic acids is 1. The highest BCUT2D eigenvalue weighted by Gasteiger charge is 2.25. The molecule has 7 nitrogen and oxygen atoms in total. The predicted octanol–water partition coefficient (Wildman–Crippen LogP) is 3.27. The number of rotatable bonds is 6. The average Bonchev–Trinajstić information content (AvgIpc) is 3.30. The third kappa shape index (κ3) is 4.03. The molecular formula is C23H28N4O3. The van der Waals surface area contributed by atoms with Crippen LogP contribution in [-0.4, -0.2) is 40.0 Å². The van der Waals surface area contributed by atoms with Crippen molar-refractivity contribution >= 4 is 16.9 Å². The van der Waals surface area contributed by atoms with E-state index in [1.165, 1.54) is 19.3 Å². The molecule has 7 heteroatoms. The molecule has 1 atom stereocenters. The van der Waals surface area contributed by atoms with Crippen LogP contribution in [0.2, 0.25) is 0 Å². The van der Waals surface area contributed by atoms with Gasteiger partial charge in [0.1, 0.15) is 11.5 Å². The molecule has 1 saturated heterocycles. The van der Waals surface area contributed by atoms with Gasteiger partial charge in [-0.3, -0.25) is 14.5 Å². The maximum Gasteiger partial charge on any atom is 0.272 e. The van der Waals surface area contributed by atoms with Gasteiger partial charge >= 0.3 is 0 Å². The van der Waals surface area contributed by atoms with Crippen molar-refractivity contribution in [1.82, 2.24) is 19.8 Å². The van der Waals surface area contributed by atoms with Crippen molar-refractivity contribution in [3.8, 4) is 0 Å². The number of nitrogens with zero attached hydrogens (tertiary/aromatic N) is 3. The minimum atomic E-state index is -0.154. The van der Waals surface area contributed by atoms with Gasteiger partial charge < -0.3 is 14.3 Å². The fraction of sp³-hybridized carbons (Fsp3) is 0.435. The van der Waals surface area contributed by atoms with E-state index in [4.69, 9.17) is 4.42 Å². The number of aryl methyl sites for hydroxylation is 2. The molecular weight excluding hydrogens is 380 g/mol. The molecule has 30 heavy (non-hydrogen) atoms. The van der Waals surface area contributed by atoms with Crippen LogP contribution in [0.15, 0.2) is 45.8 Å². The number of nitrogens with one attached hydrogen (secondary N) is 1. The molecule has 1 unspecified atom stereocenters. The third-order valence-corrected chi connectivity index (χ3v) is 5.85. The van der Waals surface area contributed by atoms with Crippen molar-refractivity contribution in [3.05, 3.63) is 64.0 Å². The number of hydrogen-bond acceptors (Lipinski definition) is 5. The summed E-state index contributed by atoms with van der Waals surface area (Å²) >= 11 is 0. The molecule has 3 heterocycles. The summed E-state index contributed by atoms with van der Waals surface area (Å²) in [7, 11) is 0. The smallest absolute Gasteiger partial charge is 0.272 e. The number of aromatic nitrogens is 2. The van der Waals surface area contributed by atoms with Crippen LogP contribution in [0, 0.1) is 6.92 Å². The lowest BCUT2D eigenvalue weighted by Gasteiger charge is -2.33. The third-order valence-electron chi connectivity index (χ3n) is 5.85. The van der Waals surface area contributed by atoms with Gasteiger partial charge in [-0.25, -0.2) is 4.98 Å². The van der Waals surface area contributed by atoms with Crippen LogP contribution in [0.25, 0.3) is 11.0 Å². The predicted molar refractivity (Wildman–Crippen MR) is 116 cm³/mol. The normalized spacial score (nSPS) is 15.9. The van der Waals surface area contributed by atoms with Gasteiger partial charge in [-0.05, 0) is 70.1 Å². The Kier molecular flexibility index (Phi) is 5.99. The topological polar surface area (TPSA) is 80.4 Å². The van der Waals surface area contributed by atoms with E-state index in [1.54, 1.807) is 36.0 Å². The Bertz CT molecular complexity index is 1080. The quantitative estimate of drug-likeness (QED) is 0.677. The molecule has 0 bridgehead atoms. The fourth-order valence-corrected chi connectivity index (χ4v) is 4.24. The Labute approximate surface area is 175 Å². The number of furan rings is 1. The van der Waals surface area contributed by atoms with Gasteiger partial charge in [-0.15, -0.1) is 0 Å². The van der Waals surface area contributed by atoms with Crippen LogP contribution < -0.4 is 10.9 Å². The summed E-state index contributed by atoms with van der Waals surface area (Å²) in [5, 5.41) is 3.07. The molecule has 1 N–H and O–H groups in total. The molecule has 1 fully saturated rings. The van der Waals surface area contributed by atoms with Crippen molar-refractivity contribution < 1.29 is 9.21 Å². The molecule has 1 amide bonds. The van der Waals surface area contributed by atoms with E-state index in [9.17, 15) is 9.59 Å². The number of hydrogen-bond donors (Lipinski definition) is 1. The Balaban J connectivity index is 1.54. The van der Waals surface area contributed by atoms with Gasteiger partial charge in [0, 0.05) is 18.7 Å². The first-order valence-corrected chi connectivity index (χ1v) is 10.7. The molecule has 1 aromatic carbocycles. The van der Waals surface area contributed by atoms with Crippen LogP contribution in [0.4, 0.5) is 0 Å². The highest BCUT2D eigenvalue weighted by atomic mass is 16.3. The second-order valence-corrected chi connectivity index (χ2v) is 7.79. The van der Waals surface area contributed by atoms with E-state index in [1.807, 2.05) is 19.1 Å². The Morgan fingerprint density at radius 2 is 2.03 bits per heavy atom. The summed E-state index contributed by atoms with van der Waals surface area (Å²) in [6, 6.07) is 9.19. The van der Waals surface area contributed by atoms with Crippen LogP contribution in [-0.2, 0) is 6.54 Å². The van der Waals surface area contributed by atoms with Gasteiger partial charge in [0.2, 0.25) is 0 Å². The van der Waals surface area contributed by atoms with Gasteiger partial charge in [-0.2, -0.15) is 0 Å². The molecule has 1 aliphatic rings. The van der Waals surface area contributed by atoms with Crippen molar-refractivity contribution in [3.63, 3.8) is 0 Å². The van der Waals surface area contributed by atoms with E-state index in [0.29, 0.717) is 29.9 Å². The van der Waals surface area contributed by atoms with Crippen molar-refractivity contribution in [2.75, 3.05) is 19.6 Å². The minimum absolute atomic E-state index is 0.0235. The summed E-state index contributed by atoms with van der Waals surface area (Å²) in [6.45, 7) is 6.68. The molecule has 3 aromatic rings. The lowest BCUT2D eigenvalue weighted by Crippen LogP contribution is -2.40. The maximum absolute atomic E-state index is 12.9. The van der Waals surface area contributed by atoms with Crippen LogP contribution in [0.3, 0.4) is 0 Å². The van der Waals surface area contributed by atoms with E-state index in [0.717, 1.165) is 24.4 Å². The molecule has 2 aromatic heterocycles. The van der Waals surface area contributed by atoms with Crippen molar-refractivity contribution in [2.45, 2.75) is 45.7 Å². The second kappa shape index (κ2) is 8.83. The summed E-state index contributed by atoms with van der Waals surface area (Å²) in [5.41, 5.74) is 2.27. The van der Waals surface area contributed by atoms with Crippen LogP contribution >= 0.6 is 0 Å². The zero-order valence-corrected chi connectivity index (χ0v) is 17.6. The molecule has 0 radical (unpaired) electrons. The highest BCUT2D eigenvalue weighted by Crippen LogP contribution is 2.24. The SMILES string of the molecule is CCn1c(=O)c(C)nc2cc(C(=O)NCC(c3ccco3)N3CCCCC3)ccc21. The first-order chi connectivity index (χ1) is 14.6. The van der Waals surface area contributed by atoms with E-state index in [-0.39, 0.29) is 17.5 Å². The molecule has 0 saturated carbocycles. The maximum atomic E-state index is 12.9. The first-order valence-electron chi connectivity index (χ1n) is 10.7. The summed E-state index contributed by atoms with van der Waals surface area (Å²) in [5.74, 6) is 0.721. The standard InChI is InChI=1S/C23H28N4O3/c1-3-27-19-10-9-17(14-18(19)25-16(2)23(27)29)22(28)24-15-20(21-8-7-13-30-21)26-11-5-4-6-12-26/h7-10,13-14,20H,3-6,11-12,15H2,1-2H3,(H,24,28). The number of likely N-dealkylation sites (tertiary alicyclic amines) is 1. The zero-order chi connectivity index (χ0) is 21.1. The molecule has 0 spiro atoms. The van der Waals surface area contributed by atoms with E-state index < -0.39 is 0 Å². The molecule has 1 aliphatic heterocycles. The van der Waals surface area contributed by atoms with E-state index >= 15 is 0 Å².